The molecule has 0 spiro atoms. The second-order valence-electron chi connectivity index (χ2n) is 4.91. The van der Waals surface area contributed by atoms with Gasteiger partial charge in [-0.05, 0) is 38.3 Å². The number of rotatable bonds is 6. The van der Waals surface area contributed by atoms with E-state index in [9.17, 15) is 4.79 Å². The van der Waals surface area contributed by atoms with Gasteiger partial charge in [-0.25, -0.2) is 0 Å². The van der Waals surface area contributed by atoms with E-state index in [2.05, 4.69) is 5.32 Å². The molecule has 1 aliphatic carbocycles. The highest BCUT2D eigenvalue weighted by molar-refractivity contribution is 5.73. The summed E-state index contributed by atoms with van der Waals surface area (Å²) in [7, 11) is 0. The quantitative estimate of drug-likeness (QED) is 0.808. The van der Waals surface area contributed by atoms with Gasteiger partial charge in [-0.2, -0.15) is 0 Å². The third-order valence-corrected chi connectivity index (χ3v) is 3.05. The standard InChI is InChI=1S/C14H19NO3/c1-9-3-6-13(10(2)7-9)18-8-12(14(16)17)15-11-4-5-11/h3,6-7,11-12,15H,4-5,8H2,1-2H3,(H,16,17). The lowest BCUT2D eigenvalue weighted by molar-refractivity contribution is -0.140. The Morgan fingerprint density at radius 2 is 2.22 bits per heavy atom. The Kier molecular flexibility index (Phi) is 3.87. The Bertz CT molecular complexity index is 441. The second-order valence-corrected chi connectivity index (χ2v) is 4.91. The Labute approximate surface area is 107 Å². The molecule has 0 amide bonds. The predicted octanol–water partition coefficient (Wildman–Crippen LogP) is 1.89. The van der Waals surface area contributed by atoms with Crippen LogP contribution in [0.25, 0.3) is 0 Å². The van der Waals surface area contributed by atoms with Crippen LogP contribution in [0.1, 0.15) is 24.0 Å². The summed E-state index contributed by atoms with van der Waals surface area (Å²) in [5, 5.41) is 12.2. The van der Waals surface area contributed by atoms with Crippen molar-refractivity contribution in [3.05, 3.63) is 29.3 Å². The van der Waals surface area contributed by atoms with Crippen molar-refractivity contribution in [2.75, 3.05) is 6.61 Å². The van der Waals surface area contributed by atoms with E-state index >= 15 is 0 Å². The topological polar surface area (TPSA) is 58.6 Å². The minimum atomic E-state index is -0.855. The lowest BCUT2D eigenvalue weighted by Crippen LogP contribution is -2.42. The van der Waals surface area contributed by atoms with Gasteiger partial charge >= 0.3 is 5.97 Å². The molecule has 0 saturated heterocycles. The van der Waals surface area contributed by atoms with E-state index in [0.717, 1.165) is 24.2 Å². The monoisotopic (exact) mass is 249 g/mol. The van der Waals surface area contributed by atoms with Crippen molar-refractivity contribution in [2.45, 2.75) is 38.8 Å². The van der Waals surface area contributed by atoms with Crippen molar-refractivity contribution >= 4 is 5.97 Å². The molecule has 2 rings (SSSR count). The first-order valence-corrected chi connectivity index (χ1v) is 6.25. The number of carbonyl (C=O) groups is 1. The summed E-state index contributed by atoms with van der Waals surface area (Å²) in [5.74, 6) is -0.101. The number of aryl methyl sites for hydroxylation is 2. The highest BCUT2D eigenvalue weighted by atomic mass is 16.5. The molecule has 0 heterocycles. The van der Waals surface area contributed by atoms with E-state index in [1.807, 2.05) is 32.0 Å². The SMILES string of the molecule is Cc1ccc(OCC(NC2CC2)C(=O)O)c(C)c1. The van der Waals surface area contributed by atoms with Crippen molar-refractivity contribution in [1.82, 2.24) is 5.32 Å². The van der Waals surface area contributed by atoms with Gasteiger partial charge in [0.15, 0.2) is 0 Å². The van der Waals surface area contributed by atoms with Crippen LogP contribution in [-0.2, 0) is 4.79 Å². The molecule has 98 valence electrons. The fraction of sp³-hybridized carbons (Fsp3) is 0.500. The van der Waals surface area contributed by atoms with Gasteiger partial charge in [0.25, 0.3) is 0 Å². The van der Waals surface area contributed by atoms with E-state index in [-0.39, 0.29) is 6.61 Å². The van der Waals surface area contributed by atoms with Gasteiger partial charge in [0.1, 0.15) is 18.4 Å². The Hall–Kier alpha value is -1.55. The van der Waals surface area contributed by atoms with E-state index in [1.165, 1.54) is 5.56 Å². The lowest BCUT2D eigenvalue weighted by atomic mass is 10.1. The van der Waals surface area contributed by atoms with Crippen LogP contribution in [-0.4, -0.2) is 29.8 Å². The van der Waals surface area contributed by atoms with Crippen LogP contribution in [0.4, 0.5) is 0 Å². The minimum Gasteiger partial charge on any atom is -0.491 e. The number of hydrogen-bond acceptors (Lipinski definition) is 3. The van der Waals surface area contributed by atoms with Gasteiger partial charge in [0.05, 0.1) is 0 Å². The van der Waals surface area contributed by atoms with Gasteiger partial charge in [0.2, 0.25) is 0 Å². The smallest absolute Gasteiger partial charge is 0.324 e. The maximum atomic E-state index is 11.1. The third kappa shape index (κ3) is 3.47. The molecule has 1 aromatic rings. The number of carboxylic acid groups (broad SMARTS) is 1. The molecule has 4 heteroatoms. The molecular formula is C14H19NO3. The number of benzene rings is 1. The Balaban J connectivity index is 1.93. The van der Waals surface area contributed by atoms with Gasteiger partial charge in [-0.15, -0.1) is 0 Å². The van der Waals surface area contributed by atoms with Crippen molar-refractivity contribution in [2.24, 2.45) is 0 Å². The van der Waals surface area contributed by atoms with Crippen molar-refractivity contribution in [3.8, 4) is 5.75 Å². The molecule has 18 heavy (non-hydrogen) atoms. The summed E-state index contributed by atoms with van der Waals surface area (Å²) in [4.78, 5) is 11.1. The van der Waals surface area contributed by atoms with Crippen LogP contribution >= 0.6 is 0 Å². The molecule has 1 unspecified atom stereocenters. The van der Waals surface area contributed by atoms with Crippen LogP contribution in [0.2, 0.25) is 0 Å². The van der Waals surface area contributed by atoms with Crippen LogP contribution in [0.15, 0.2) is 18.2 Å². The number of hydrogen-bond donors (Lipinski definition) is 2. The van der Waals surface area contributed by atoms with Crippen molar-refractivity contribution in [1.29, 1.82) is 0 Å². The zero-order valence-electron chi connectivity index (χ0n) is 10.8. The third-order valence-electron chi connectivity index (χ3n) is 3.05. The molecule has 1 aliphatic rings. The van der Waals surface area contributed by atoms with E-state index < -0.39 is 12.0 Å². The van der Waals surface area contributed by atoms with E-state index in [0.29, 0.717) is 6.04 Å². The molecule has 0 radical (unpaired) electrons. The Morgan fingerprint density at radius 1 is 1.50 bits per heavy atom. The summed E-state index contributed by atoms with van der Waals surface area (Å²) in [6.45, 7) is 4.15. The molecule has 2 N–H and O–H groups in total. The average molecular weight is 249 g/mol. The minimum absolute atomic E-state index is 0.162. The zero-order valence-corrected chi connectivity index (χ0v) is 10.8. The number of nitrogens with one attached hydrogen (secondary N) is 1. The average Bonchev–Trinajstić information content (AvgIpc) is 3.09. The fourth-order valence-electron chi connectivity index (χ4n) is 1.86. The largest absolute Gasteiger partial charge is 0.491 e. The molecule has 1 saturated carbocycles. The number of ether oxygens (including phenoxy) is 1. The predicted molar refractivity (Wildman–Crippen MR) is 69.0 cm³/mol. The van der Waals surface area contributed by atoms with Gasteiger partial charge < -0.3 is 9.84 Å². The van der Waals surface area contributed by atoms with E-state index in [4.69, 9.17) is 9.84 Å². The summed E-state index contributed by atoms with van der Waals surface area (Å²) < 4.78 is 5.60. The summed E-state index contributed by atoms with van der Waals surface area (Å²) >= 11 is 0. The molecule has 1 aromatic carbocycles. The van der Waals surface area contributed by atoms with Crippen LogP contribution < -0.4 is 10.1 Å². The van der Waals surface area contributed by atoms with Gasteiger partial charge in [0, 0.05) is 6.04 Å². The summed E-state index contributed by atoms with van der Waals surface area (Å²) in [6.07, 6.45) is 2.13. The van der Waals surface area contributed by atoms with Crippen LogP contribution in [0, 0.1) is 13.8 Å². The second kappa shape index (κ2) is 5.40. The first kappa shape index (κ1) is 12.9. The molecule has 1 fully saturated rings. The molecule has 0 aromatic heterocycles. The molecule has 4 nitrogen and oxygen atoms in total. The van der Waals surface area contributed by atoms with E-state index in [1.54, 1.807) is 0 Å². The molecule has 0 aliphatic heterocycles. The van der Waals surface area contributed by atoms with Crippen LogP contribution in [0.5, 0.6) is 5.75 Å². The number of carboxylic acids is 1. The normalized spacial score (nSPS) is 16.3. The summed E-state index contributed by atoms with van der Waals surface area (Å²) in [6, 6.07) is 5.61. The first-order chi connectivity index (χ1) is 8.56. The zero-order chi connectivity index (χ0) is 13.1. The maximum absolute atomic E-state index is 11.1. The van der Waals surface area contributed by atoms with Crippen LogP contribution in [0.3, 0.4) is 0 Å². The first-order valence-electron chi connectivity index (χ1n) is 6.25. The molecular weight excluding hydrogens is 230 g/mol. The highest BCUT2D eigenvalue weighted by Gasteiger charge is 2.28. The molecule has 0 bridgehead atoms. The Morgan fingerprint density at radius 3 is 2.78 bits per heavy atom. The van der Waals surface area contributed by atoms with Crippen molar-refractivity contribution in [3.63, 3.8) is 0 Å². The number of aliphatic carboxylic acids is 1. The van der Waals surface area contributed by atoms with Gasteiger partial charge in [-0.3, -0.25) is 10.1 Å². The fourth-order valence-corrected chi connectivity index (χ4v) is 1.86. The molecule has 1 atom stereocenters. The maximum Gasteiger partial charge on any atom is 0.324 e. The van der Waals surface area contributed by atoms with Gasteiger partial charge in [-0.1, -0.05) is 17.7 Å². The highest BCUT2D eigenvalue weighted by Crippen LogP contribution is 2.21. The van der Waals surface area contributed by atoms with Crippen molar-refractivity contribution < 1.29 is 14.6 Å². The lowest BCUT2D eigenvalue weighted by Gasteiger charge is -2.16. The summed E-state index contributed by atoms with van der Waals surface area (Å²) in [5.41, 5.74) is 2.20.